The minimum Gasteiger partial charge on any atom is -0.352 e. The summed E-state index contributed by atoms with van der Waals surface area (Å²) in [6.07, 6.45) is 3.44. The topological polar surface area (TPSA) is 90.9 Å². The summed E-state index contributed by atoms with van der Waals surface area (Å²) in [7, 11) is 0. The summed E-state index contributed by atoms with van der Waals surface area (Å²) < 4.78 is 1.87. The molecule has 4 aromatic rings. The summed E-state index contributed by atoms with van der Waals surface area (Å²) in [6.45, 7) is 6.45. The first-order valence-corrected chi connectivity index (χ1v) is 11.8. The highest BCUT2D eigenvalue weighted by atomic mass is 32.1. The first-order valence-electron chi connectivity index (χ1n) is 10.9. The van der Waals surface area contributed by atoms with Gasteiger partial charge in [0.2, 0.25) is 0 Å². The second-order valence-electron chi connectivity index (χ2n) is 8.22. The zero-order valence-electron chi connectivity index (χ0n) is 18.5. The highest BCUT2D eigenvalue weighted by Gasteiger charge is 2.27. The number of hydrogen-bond acceptors (Lipinski definition) is 7. The van der Waals surface area contributed by atoms with E-state index in [2.05, 4.69) is 34.9 Å². The summed E-state index contributed by atoms with van der Waals surface area (Å²) in [5.41, 5.74) is 2.69. The molecule has 33 heavy (non-hydrogen) atoms. The van der Waals surface area contributed by atoms with Gasteiger partial charge in [0.05, 0.1) is 33.3 Å². The fourth-order valence-corrected chi connectivity index (χ4v) is 4.84. The Morgan fingerprint density at radius 2 is 2.00 bits per heavy atom. The largest absolute Gasteiger partial charge is 0.352 e. The van der Waals surface area contributed by atoms with Crippen LogP contribution in [0.3, 0.4) is 0 Å². The van der Waals surface area contributed by atoms with E-state index in [1.807, 2.05) is 33.2 Å². The molecule has 5 rings (SSSR count). The van der Waals surface area contributed by atoms with Gasteiger partial charge in [-0.25, -0.2) is 14.6 Å². The van der Waals surface area contributed by atoms with Crippen molar-refractivity contribution in [1.82, 2.24) is 24.6 Å². The molecule has 0 radical (unpaired) electrons. The third kappa shape index (κ3) is 3.83. The van der Waals surface area contributed by atoms with Crippen LogP contribution in [-0.4, -0.2) is 56.7 Å². The average molecular weight is 458 g/mol. The van der Waals surface area contributed by atoms with Crippen LogP contribution >= 0.6 is 11.3 Å². The zero-order chi connectivity index (χ0) is 22.9. The number of thiophene rings is 1. The van der Waals surface area contributed by atoms with Gasteiger partial charge in [0.1, 0.15) is 11.9 Å². The predicted octanol–water partition coefficient (Wildman–Crippen LogP) is 3.97. The summed E-state index contributed by atoms with van der Waals surface area (Å²) in [5.74, 6) is 0.654. The van der Waals surface area contributed by atoms with Crippen LogP contribution in [0.25, 0.3) is 21.6 Å². The Hall–Kier alpha value is -3.77. The van der Waals surface area contributed by atoms with Crippen LogP contribution < -0.4 is 4.90 Å². The molecule has 0 aromatic carbocycles. The maximum atomic E-state index is 13.7. The van der Waals surface area contributed by atoms with Crippen LogP contribution in [0.2, 0.25) is 0 Å². The number of amides is 1. The van der Waals surface area contributed by atoms with Gasteiger partial charge in [-0.3, -0.25) is 4.79 Å². The molecule has 0 unspecified atom stereocenters. The number of aromatic nitrogens is 4. The number of fused-ring (bicyclic) bond motifs is 1. The Balaban J connectivity index is 1.46. The molecular formula is C24H23N7OS. The number of rotatable bonds is 4. The van der Waals surface area contributed by atoms with Crippen LogP contribution in [0.1, 0.15) is 35.8 Å². The van der Waals surface area contributed by atoms with Gasteiger partial charge in [-0.05, 0) is 43.5 Å². The molecule has 166 valence electrons. The molecule has 0 spiro atoms. The molecule has 1 saturated heterocycles. The van der Waals surface area contributed by atoms with Crippen molar-refractivity contribution < 1.29 is 4.79 Å². The van der Waals surface area contributed by atoms with Gasteiger partial charge >= 0.3 is 0 Å². The maximum absolute atomic E-state index is 13.7. The Morgan fingerprint density at radius 3 is 2.70 bits per heavy atom. The summed E-state index contributed by atoms with van der Waals surface area (Å²) >= 11 is 1.60. The van der Waals surface area contributed by atoms with E-state index in [0.29, 0.717) is 43.1 Å². The van der Waals surface area contributed by atoms with Crippen molar-refractivity contribution in [2.75, 3.05) is 31.1 Å². The fourth-order valence-electron chi connectivity index (χ4n) is 4.15. The molecule has 1 aliphatic heterocycles. The molecular weight excluding hydrogens is 434 g/mol. The van der Waals surface area contributed by atoms with Crippen LogP contribution in [0.4, 0.5) is 5.82 Å². The molecule has 0 N–H and O–H groups in total. The Kier molecular flexibility index (Phi) is 5.52. The number of nitriles is 1. The van der Waals surface area contributed by atoms with E-state index in [0.717, 1.165) is 21.6 Å². The van der Waals surface area contributed by atoms with Gasteiger partial charge < -0.3 is 9.80 Å². The van der Waals surface area contributed by atoms with E-state index < -0.39 is 0 Å². The first-order chi connectivity index (χ1) is 16.1. The second-order valence-corrected chi connectivity index (χ2v) is 9.17. The van der Waals surface area contributed by atoms with Crippen LogP contribution in [0.5, 0.6) is 0 Å². The SMILES string of the molecule is CC(C)n1ncc2c(C(=O)N3CCN(c4ncccc4C#N)CC3)cc(-c3cccs3)nc21. The number of hydrogen-bond donors (Lipinski definition) is 0. The lowest BCUT2D eigenvalue weighted by Gasteiger charge is -2.35. The quantitative estimate of drug-likeness (QED) is 0.461. The van der Waals surface area contributed by atoms with Crippen molar-refractivity contribution in [1.29, 1.82) is 5.26 Å². The van der Waals surface area contributed by atoms with Crippen molar-refractivity contribution in [3.8, 4) is 16.6 Å². The first kappa shape index (κ1) is 21.1. The lowest BCUT2D eigenvalue weighted by Crippen LogP contribution is -2.49. The predicted molar refractivity (Wildman–Crippen MR) is 128 cm³/mol. The van der Waals surface area contributed by atoms with Crippen LogP contribution in [-0.2, 0) is 0 Å². The number of piperazine rings is 1. The van der Waals surface area contributed by atoms with Crippen LogP contribution in [0, 0.1) is 11.3 Å². The summed E-state index contributed by atoms with van der Waals surface area (Å²) in [4.78, 5) is 27.8. The van der Waals surface area contributed by atoms with E-state index in [1.54, 1.807) is 35.9 Å². The van der Waals surface area contributed by atoms with Crippen molar-refractivity contribution in [2.45, 2.75) is 19.9 Å². The number of carbonyl (C=O) groups is 1. The molecule has 0 bridgehead atoms. The number of anilines is 1. The second kappa shape index (κ2) is 8.64. The fraction of sp³-hybridized carbons (Fsp3) is 0.292. The molecule has 1 aliphatic rings. The van der Waals surface area contributed by atoms with E-state index in [4.69, 9.17) is 4.98 Å². The lowest BCUT2D eigenvalue weighted by molar-refractivity contribution is 0.0748. The average Bonchev–Trinajstić information content (AvgIpc) is 3.53. The minimum atomic E-state index is -0.0234. The monoisotopic (exact) mass is 457 g/mol. The van der Waals surface area contributed by atoms with Gasteiger partial charge in [-0.15, -0.1) is 11.3 Å². The van der Waals surface area contributed by atoms with Gasteiger partial charge in [0, 0.05) is 38.4 Å². The maximum Gasteiger partial charge on any atom is 0.254 e. The van der Waals surface area contributed by atoms with Crippen molar-refractivity contribution in [2.24, 2.45) is 0 Å². The van der Waals surface area contributed by atoms with Crippen molar-refractivity contribution >= 4 is 34.1 Å². The zero-order valence-corrected chi connectivity index (χ0v) is 19.3. The summed E-state index contributed by atoms with van der Waals surface area (Å²) in [5, 5.41) is 16.7. The Labute approximate surface area is 195 Å². The van der Waals surface area contributed by atoms with Crippen molar-refractivity contribution in [3.63, 3.8) is 0 Å². The molecule has 1 fully saturated rings. The van der Waals surface area contributed by atoms with Gasteiger partial charge in [0.25, 0.3) is 5.91 Å². The normalized spacial score (nSPS) is 14.1. The van der Waals surface area contributed by atoms with E-state index >= 15 is 0 Å². The highest BCUT2D eigenvalue weighted by Crippen LogP contribution is 2.30. The van der Waals surface area contributed by atoms with Crippen LogP contribution in [0.15, 0.2) is 48.1 Å². The van der Waals surface area contributed by atoms with Crippen molar-refractivity contribution in [3.05, 3.63) is 59.2 Å². The molecule has 9 heteroatoms. The molecule has 0 aliphatic carbocycles. The number of carbonyl (C=O) groups excluding carboxylic acids is 1. The molecule has 5 heterocycles. The molecule has 0 atom stereocenters. The standard InChI is InChI=1S/C24H23N7OS/c1-16(2)31-23-19(15-27-31)18(13-20(28-23)21-6-4-12-33-21)24(32)30-10-8-29(9-11-30)22-17(14-25)5-3-7-26-22/h3-7,12-13,15-16H,8-11H2,1-2H3. The lowest BCUT2D eigenvalue weighted by atomic mass is 10.1. The third-order valence-electron chi connectivity index (χ3n) is 5.83. The van der Waals surface area contributed by atoms with E-state index in [-0.39, 0.29) is 11.9 Å². The smallest absolute Gasteiger partial charge is 0.254 e. The number of pyridine rings is 2. The molecule has 4 aromatic heterocycles. The van der Waals surface area contributed by atoms with E-state index in [1.165, 1.54) is 0 Å². The third-order valence-corrected chi connectivity index (χ3v) is 6.73. The number of nitrogens with zero attached hydrogens (tertiary/aromatic N) is 7. The molecule has 1 amide bonds. The Morgan fingerprint density at radius 1 is 1.18 bits per heavy atom. The molecule has 8 nitrogen and oxygen atoms in total. The Bertz CT molecular complexity index is 1350. The van der Waals surface area contributed by atoms with Gasteiger partial charge in [-0.2, -0.15) is 10.4 Å². The minimum absolute atomic E-state index is 0.0234. The van der Waals surface area contributed by atoms with Gasteiger partial charge in [0.15, 0.2) is 5.65 Å². The molecule has 0 saturated carbocycles. The summed E-state index contributed by atoms with van der Waals surface area (Å²) in [6, 6.07) is 11.8. The van der Waals surface area contributed by atoms with Gasteiger partial charge in [-0.1, -0.05) is 6.07 Å². The van der Waals surface area contributed by atoms with E-state index in [9.17, 15) is 10.1 Å². The highest BCUT2D eigenvalue weighted by molar-refractivity contribution is 7.13.